The molecule has 1 aromatic rings. The summed E-state index contributed by atoms with van der Waals surface area (Å²) in [5.74, 6) is -2.48. The molecule has 0 heterocycles. The lowest BCUT2D eigenvalue weighted by molar-refractivity contribution is -0.0388. The van der Waals surface area contributed by atoms with E-state index < -0.39 is 5.85 Å². The minimum atomic E-state index is -2.32. The summed E-state index contributed by atoms with van der Waals surface area (Å²) in [6.45, 7) is 0. The fraction of sp³-hybridized carbons (Fsp3) is 0.154. The van der Waals surface area contributed by atoms with Crippen LogP contribution in [-0.4, -0.2) is 16.7 Å². The van der Waals surface area contributed by atoms with Crippen LogP contribution in [0.15, 0.2) is 54.1 Å². The van der Waals surface area contributed by atoms with Gasteiger partial charge in [-0.25, -0.2) is 4.39 Å². The predicted octanol–water partition coefficient (Wildman–Crippen LogP) is 2.41. The van der Waals surface area contributed by atoms with E-state index in [0.29, 0.717) is 11.1 Å². The Bertz CT molecular complexity index is 458. The molecule has 82 valence electrons. The molecular formula is C13H11FO2. The number of Topliss-reactive ketones (excluding diaryl/α,β-unsaturated/α-hetero) is 1. The molecule has 0 bridgehead atoms. The smallest absolute Gasteiger partial charge is 0.229 e. The maximum atomic E-state index is 13.0. The Labute approximate surface area is 92.7 Å². The Hall–Kier alpha value is -1.74. The highest BCUT2D eigenvalue weighted by Gasteiger charge is 2.25. The molecule has 2 nitrogen and oxygen atoms in total. The zero-order chi connectivity index (χ0) is 11.6. The van der Waals surface area contributed by atoms with Gasteiger partial charge in [-0.3, -0.25) is 4.79 Å². The predicted molar refractivity (Wildman–Crippen MR) is 58.7 cm³/mol. The van der Waals surface area contributed by atoms with Crippen LogP contribution in [0, 0.1) is 0 Å². The normalized spacial score (nSPS) is 24.0. The summed E-state index contributed by atoms with van der Waals surface area (Å²) in [6.07, 6.45) is 3.55. The third-order valence-electron chi connectivity index (χ3n) is 2.42. The van der Waals surface area contributed by atoms with Crippen molar-refractivity contribution in [2.45, 2.75) is 12.3 Å². The minimum Gasteiger partial charge on any atom is -0.358 e. The molecule has 0 saturated heterocycles. The first-order valence-corrected chi connectivity index (χ1v) is 4.99. The molecule has 16 heavy (non-hydrogen) atoms. The van der Waals surface area contributed by atoms with Crippen molar-refractivity contribution in [2.24, 2.45) is 0 Å². The van der Waals surface area contributed by atoms with Crippen LogP contribution in [0.4, 0.5) is 4.39 Å². The highest BCUT2D eigenvalue weighted by molar-refractivity contribution is 6.10. The van der Waals surface area contributed by atoms with Gasteiger partial charge in [0.25, 0.3) is 0 Å². The molecule has 0 spiro atoms. The molecule has 0 aliphatic heterocycles. The standard InChI is InChI=1S/C13H11FO2/c14-13(16)8-6-11(7-9-13)12(15)10-4-2-1-3-5-10/h1-8,16H,9H2/t13-/m1/s1. The van der Waals surface area contributed by atoms with Crippen molar-refractivity contribution in [1.29, 1.82) is 0 Å². The van der Waals surface area contributed by atoms with Crippen molar-refractivity contribution in [3.8, 4) is 0 Å². The number of carbonyl (C=O) groups is 1. The quantitative estimate of drug-likeness (QED) is 0.774. The van der Waals surface area contributed by atoms with E-state index in [1.807, 2.05) is 6.07 Å². The molecular weight excluding hydrogens is 207 g/mol. The van der Waals surface area contributed by atoms with Gasteiger partial charge in [0.2, 0.25) is 5.85 Å². The van der Waals surface area contributed by atoms with Crippen molar-refractivity contribution in [3.63, 3.8) is 0 Å². The summed E-state index contributed by atoms with van der Waals surface area (Å²) >= 11 is 0. The molecule has 1 aliphatic rings. The fourth-order valence-electron chi connectivity index (χ4n) is 1.53. The van der Waals surface area contributed by atoms with Crippen LogP contribution in [0.25, 0.3) is 0 Å². The monoisotopic (exact) mass is 218 g/mol. The number of allylic oxidation sites excluding steroid dienone is 2. The summed E-state index contributed by atoms with van der Waals surface area (Å²) < 4.78 is 13.0. The van der Waals surface area contributed by atoms with Gasteiger partial charge in [0.1, 0.15) is 0 Å². The Balaban J connectivity index is 2.20. The van der Waals surface area contributed by atoms with E-state index in [1.54, 1.807) is 24.3 Å². The van der Waals surface area contributed by atoms with Crippen LogP contribution in [0.3, 0.4) is 0 Å². The van der Waals surface area contributed by atoms with Crippen LogP contribution in [0.2, 0.25) is 0 Å². The molecule has 0 fully saturated rings. The van der Waals surface area contributed by atoms with Gasteiger partial charge in [-0.05, 0) is 12.2 Å². The van der Waals surface area contributed by atoms with Gasteiger partial charge in [-0.2, -0.15) is 0 Å². The lowest BCUT2D eigenvalue weighted by Gasteiger charge is -2.16. The maximum absolute atomic E-state index is 13.0. The Morgan fingerprint density at radius 2 is 2.00 bits per heavy atom. The van der Waals surface area contributed by atoms with Crippen molar-refractivity contribution < 1.29 is 14.3 Å². The molecule has 3 heteroatoms. The number of hydrogen-bond acceptors (Lipinski definition) is 2. The largest absolute Gasteiger partial charge is 0.358 e. The Morgan fingerprint density at radius 1 is 1.31 bits per heavy atom. The zero-order valence-electron chi connectivity index (χ0n) is 8.56. The van der Waals surface area contributed by atoms with E-state index in [1.165, 1.54) is 12.2 Å². The van der Waals surface area contributed by atoms with E-state index in [4.69, 9.17) is 5.11 Å². The van der Waals surface area contributed by atoms with Gasteiger partial charge < -0.3 is 5.11 Å². The number of halogens is 1. The van der Waals surface area contributed by atoms with E-state index in [-0.39, 0.29) is 12.2 Å². The van der Waals surface area contributed by atoms with Gasteiger partial charge in [0.15, 0.2) is 5.78 Å². The molecule has 0 amide bonds. The Morgan fingerprint density at radius 3 is 2.56 bits per heavy atom. The van der Waals surface area contributed by atoms with Crippen LogP contribution in [-0.2, 0) is 0 Å². The summed E-state index contributed by atoms with van der Waals surface area (Å²) in [5.41, 5.74) is 0.969. The number of benzene rings is 1. The molecule has 1 atom stereocenters. The van der Waals surface area contributed by atoms with E-state index in [0.717, 1.165) is 6.08 Å². The highest BCUT2D eigenvalue weighted by Crippen LogP contribution is 2.23. The van der Waals surface area contributed by atoms with E-state index in [2.05, 4.69) is 0 Å². The summed E-state index contributed by atoms with van der Waals surface area (Å²) in [7, 11) is 0. The van der Waals surface area contributed by atoms with E-state index >= 15 is 0 Å². The number of aliphatic hydroxyl groups is 1. The van der Waals surface area contributed by atoms with Gasteiger partial charge in [-0.1, -0.05) is 36.4 Å². The number of rotatable bonds is 2. The van der Waals surface area contributed by atoms with Crippen LogP contribution < -0.4 is 0 Å². The van der Waals surface area contributed by atoms with Gasteiger partial charge in [0, 0.05) is 17.6 Å². The number of carbonyl (C=O) groups excluding carboxylic acids is 1. The van der Waals surface area contributed by atoms with Crippen molar-refractivity contribution in [3.05, 3.63) is 59.7 Å². The molecule has 1 aliphatic carbocycles. The fourth-order valence-corrected chi connectivity index (χ4v) is 1.53. The minimum absolute atomic E-state index is 0.160. The topological polar surface area (TPSA) is 37.3 Å². The number of alkyl halides is 1. The second-order valence-corrected chi connectivity index (χ2v) is 3.71. The lowest BCUT2D eigenvalue weighted by Crippen LogP contribution is -2.21. The first kappa shape index (κ1) is 10.8. The zero-order valence-corrected chi connectivity index (χ0v) is 8.56. The maximum Gasteiger partial charge on any atom is 0.229 e. The summed E-state index contributed by atoms with van der Waals surface area (Å²) in [6, 6.07) is 8.76. The third-order valence-corrected chi connectivity index (χ3v) is 2.42. The second kappa shape index (κ2) is 4.02. The molecule has 0 saturated carbocycles. The van der Waals surface area contributed by atoms with Crippen LogP contribution in [0.5, 0.6) is 0 Å². The third kappa shape index (κ3) is 2.25. The highest BCUT2D eigenvalue weighted by atomic mass is 19.2. The molecule has 2 rings (SSSR count). The van der Waals surface area contributed by atoms with Crippen molar-refractivity contribution in [1.82, 2.24) is 0 Å². The molecule has 0 aromatic heterocycles. The average Bonchev–Trinajstić information content (AvgIpc) is 2.29. The lowest BCUT2D eigenvalue weighted by atomic mass is 9.96. The van der Waals surface area contributed by atoms with Gasteiger partial charge >= 0.3 is 0 Å². The van der Waals surface area contributed by atoms with Gasteiger partial charge in [-0.15, -0.1) is 0 Å². The number of hydrogen-bond donors (Lipinski definition) is 1. The number of ketones is 1. The molecule has 1 N–H and O–H groups in total. The Kier molecular flexibility index (Phi) is 2.71. The summed E-state index contributed by atoms with van der Waals surface area (Å²) in [4.78, 5) is 11.9. The van der Waals surface area contributed by atoms with E-state index in [9.17, 15) is 9.18 Å². The van der Waals surface area contributed by atoms with Crippen LogP contribution >= 0.6 is 0 Å². The first-order valence-electron chi connectivity index (χ1n) is 4.99. The van der Waals surface area contributed by atoms with Crippen molar-refractivity contribution in [2.75, 3.05) is 0 Å². The second-order valence-electron chi connectivity index (χ2n) is 3.71. The molecule has 0 unspecified atom stereocenters. The van der Waals surface area contributed by atoms with Crippen molar-refractivity contribution >= 4 is 5.78 Å². The molecule has 0 radical (unpaired) electrons. The average molecular weight is 218 g/mol. The molecule has 1 aromatic carbocycles. The van der Waals surface area contributed by atoms with Gasteiger partial charge in [0.05, 0.1) is 0 Å². The van der Waals surface area contributed by atoms with Crippen LogP contribution in [0.1, 0.15) is 16.8 Å². The SMILES string of the molecule is O=C(C1=CC[C@@](O)(F)C=C1)c1ccccc1. The first-order chi connectivity index (χ1) is 7.58. The summed E-state index contributed by atoms with van der Waals surface area (Å²) in [5, 5.41) is 9.04.